The van der Waals surface area contributed by atoms with Gasteiger partial charge in [-0.05, 0) is 16.3 Å². The summed E-state index contributed by atoms with van der Waals surface area (Å²) in [6.45, 7) is 0. The molecule has 1 aromatic heterocycles. The molecule has 0 atom stereocenters. The molecule has 0 fully saturated rings. The van der Waals surface area contributed by atoms with E-state index in [1.165, 1.54) is 0 Å². The molecule has 5 rings (SSSR count). The molecule has 1 amide bonds. The maximum absolute atomic E-state index is 12.7. The highest BCUT2D eigenvalue weighted by Gasteiger charge is 2.33. The number of carbonyl (C=O) groups excluding carboxylic acids is 1. The number of hydrogen-bond acceptors (Lipinski definition) is 2. The Bertz CT molecular complexity index is 1200. The largest absolute Gasteiger partial charge is 0.494 e. The second-order valence-electron chi connectivity index (χ2n) is 6.26. The number of H-pyrrole nitrogens is 1. The topological polar surface area (TPSA) is 65.4 Å². The third-order valence-electron chi connectivity index (χ3n) is 4.75. The number of aromatic nitrogens is 1. The van der Waals surface area contributed by atoms with Gasteiger partial charge in [-0.25, -0.2) is 4.99 Å². The van der Waals surface area contributed by atoms with Crippen LogP contribution in [-0.2, 0) is 0 Å². The number of benzene rings is 3. The standard InChI is InChI=1S/C22H14N2O2/c25-21-17-18(22(26)23-19(17)14-8-2-1-3-9-14)20(24-21)16-12-6-10-13-7-4-5-11-15(13)16/h1-12,23,26H. The molecule has 0 aliphatic carbocycles. The van der Waals surface area contributed by atoms with E-state index in [1.807, 2.05) is 72.8 Å². The Labute approximate surface area is 149 Å². The van der Waals surface area contributed by atoms with E-state index in [-0.39, 0.29) is 11.8 Å². The van der Waals surface area contributed by atoms with Crippen molar-refractivity contribution < 1.29 is 9.90 Å². The van der Waals surface area contributed by atoms with Crippen LogP contribution in [0, 0.1) is 0 Å². The summed E-state index contributed by atoms with van der Waals surface area (Å²) in [6, 6.07) is 23.3. The lowest BCUT2D eigenvalue weighted by Gasteiger charge is -2.06. The first kappa shape index (κ1) is 14.7. The zero-order valence-corrected chi connectivity index (χ0v) is 13.7. The van der Waals surface area contributed by atoms with Crippen LogP contribution in [0.2, 0.25) is 0 Å². The summed E-state index contributed by atoms with van der Waals surface area (Å²) in [5.74, 6) is -0.366. The Balaban J connectivity index is 1.76. The van der Waals surface area contributed by atoms with Gasteiger partial charge >= 0.3 is 0 Å². The molecule has 2 heterocycles. The van der Waals surface area contributed by atoms with E-state index in [4.69, 9.17) is 0 Å². The van der Waals surface area contributed by atoms with E-state index in [1.54, 1.807) is 0 Å². The molecule has 124 valence electrons. The van der Waals surface area contributed by atoms with Gasteiger partial charge in [0.05, 0.1) is 22.5 Å². The van der Waals surface area contributed by atoms with Gasteiger partial charge in [0.2, 0.25) is 0 Å². The molecule has 0 saturated heterocycles. The summed E-state index contributed by atoms with van der Waals surface area (Å²) < 4.78 is 0. The summed E-state index contributed by atoms with van der Waals surface area (Å²) in [4.78, 5) is 19.9. The summed E-state index contributed by atoms with van der Waals surface area (Å²) in [7, 11) is 0. The van der Waals surface area contributed by atoms with Crippen LogP contribution >= 0.6 is 0 Å². The van der Waals surface area contributed by atoms with E-state index in [0.717, 1.165) is 21.9 Å². The second-order valence-corrected chi connectivity index (χ2v) is 6.26. The molecule has 1 aliphatic rings. The van der Waals surface area contributed by atoms with Crippen molar-refractivity contribution in [1.82, 2.24) is 4.98 Å². The second kappa shape index (κ2) is 5.43. The first-order valence-corrected chi connectivity index (χ1v) is 8.36. The van der Waals surface area contributed by atoms with Crippen molar-refractivity contribution in [2.24, 2.45) is 4.99 Å². The summed E-state index contributed by atoms with van der Waals surface area (Å²) >= 11 is 0. The van der Waals surface area contributed by atoms with Crippen LogP contribution in [0.3, 0.4) is 0 Å². The molecular formula is C22H14N2O2. The molecule has 2 N–H and O–H groups in total. The predicted molar refractivity (Wildman–Crippen MR) is 102 cm³/mol. The quantitative estimate of drug-likeness (QED) is 0.564. The highest BCUT2D eigenvalue weighted by atomic mass is 16.3. The zero-order chi connectivity index (χ0) is 17.7. The molecule has 0 spiro atoms. The van der Waals surface area contributed by atoms with E-state index >= 15 is 0 Å². The van der Waals surface area contributed by atoms with Crippen molar-refractivity contribution in [3.05, 3.63) is 89.5 Å². The van der Waals surface area contributed by atoms with Gasteiger partial charge in [0.25, 0.3) is 5.91 Å². The SMILES string of the molecule is O=C1N=C(c2cccc3ccccc23)c2c(O)[nH]c(-c3ccccc3)c21. The smallest absolute Gasteiger partial charge is 0.280 e. The maximum Gasteiger partial charge on any atom is 0.280 e. The molecule has 4 heteroatoms. The lowest BCUT2D eigenvalue weighted by atomic mass is 9.96. The Morgan fingerprint density at radius 2 is 1.54 bits per heavy atom. The Morgan fingerprint density at radius 3 is 2.38 bits per heavy atom. The number of nitrogens with zero attached hydrogens (tertiary/aromatic N) is 1. The predicted octanol–water partition coefficient (Wildman–Crippen LogP) is 4.53. The van der Waals surface area contributed by atoms with Crippen LogP contribution < -0.4 is 0 Å². The molecule has 1 aliphatic heterocycles. The lowest BCUT2D eigenvalue weighted by Crippen LogP contribution is -2.00. The zero-order valence-electron chi connectivity index (χ0n) is 13.7. The fraction of sp³-hybridized carbons (Fsp3) is 0. The Morgan fingerprint density at radius 1 is 0.808 bits per heavy atom. The number of amides is 1. The first-order chi connectivity index (χ1) is 12.7. The summed E-state index contributed by atoms with van der Waals surface area (Å²) in [5.41, 5.74) is 3.69. The maximum atomic E-state index is 12.7. The van der Waals surface area contributed by atoms with E-state index in [2.05, 4.69) is 9.98 Å². The fourth-order valence-corrected chi connectivity index (χ4v) is 3.59. The highest BCUT2D eigenvalue weighted by Crippen LogP contribution is 2.38. The number of rotatable bonds is 2. The Hall–Kier alpha value is -3.66. The van der Waals surface area contributed by atoms with Crippen LogP contribution in [0.15, 0.2) is 77.8 Å². The van der Waals surface area contributed by atoms with Gasteiger partial charge in [0.15, 0.2) is 5.88 Å². The summed E-state index contributed by atoms with van der Waals surface area (Å²) in [5, 5.41) is 12.6. The van der Waals surface area contributed by atoms with E-state index < -0.39 is 0 Å². The minimum absolute atomic E-state index is 0.0311. The molecule has 0 saturated carbocycles. The molecule has 26 heavy (non-hydrogen) atoms. The number of aliphatic imine (C=N–C) groups is 1. The molecule has 0 radical (unpaired) electrons. The first-order valence-electron chi connectivity index (χ1n) is 8.36. The van der Waals surface area contributed by atoms with Gasteiger partial charge in [-0.3, -0.25) is 4.79 Å². The van der Waals surface area contributed by atoms with Crippen LogP contribution in [0.1, 0.15) is 21.5 Å². The van der Waals surface area contributed by atoms with Crippen molar-refractivity contribution in [3.8, 4) is 17.1 Å². The van der Waals surface area contributed by atoms with Crippen LogP contribution in [0.5, 0.6) is 5.88 Å². The van der Waals surface area contributed by atoms with Crippen LogP contribution in [0.25, 0.3) is 22.0 Å². The minimum Gasteiger partial charge on any atom is -0.494 e. The van der Waals surface area contributed by atoms with Crippen molar-refractivity contribution in [2.75, 3.05) is 0 Å². The third-order valence-corrected chi connectivity index (χ3v) is 4.75. The van der Waals surface area contributed by atoms with Crippen molar-refractivity contribution >= 4 is 22.4 Å². The molecule has 3 aromatic carbocycles. The number of aromatic amines is 1. The molecule has 4 aromatic rings. The number of aromatic hydroxyl groups is 1. The Kier molecular flexibility index (Phi) is 3.06. The number of nitrogens with one attached hydrogen (secondary N) is 1. The van der Waals surface area contributed by atoms with Crippen molar-refractivity contribution in [3.63, 3.8) is 0 Å². The third kappa shape index (κ3) is 2.02. The van der Waals surface area contributed by atoms with Gasteiger partial charge in [-0.2, -0.15) is 0 Å². The fourth-order valence-electron chi connectivity index (χ4n) is 3.59. The van der Waals surface area contributed by atoms with Crippen LogP contribution in [-0.4, -0.2) is 21.7 Å². The number of carbonyl (C=O) groups is 1. The lowest BCUT2D eigenvalue weighted by molar-refractivity contribution is 0.101. The number of hydrogen-bond donors (Lipinski definition) is 2. The van der Waals surface area contributed by atoms with Crippen molar-refractivity contribution in [2.45, 2.75) is 0 Å². The van der Waals surface area contributed by atoms with E-state index in [0.29, 0.717) is 22.5 Å². The molecular weight excluding hydrogens is 324 g/mol. The minimum atomic E-state index is -0.335. The highest BCUT2D eigenvalue weighted by molar-refractivity contribution is 6.33. The molecule has 0 bridgehead atoms. The monoisotopic (exact) mass is 338 g/mol. The molecule has 0 unspecified atom stereocenters. The van der Waals surface area contributed by atoms with Crippen molar-refractivity contribution in [1.29, 1.82) is 0 Å². The van der Waals surface area contributed by atoms with Crippen LogP contribution in [0.4, 0.5) is 0 Å². The average molecular weight is 338 g/mol. The molecule has 4 nitrogen and oxygen atoms in total. The van der Waals surface area contributed by atoms with Gasteiger partial charge < -0.3 is 10.1 Å². The van der Waals surface area contributed by atoms with Gasteiger partial charge in [-0.15, -0.1) is 0 Å². The normalized spacial score (nSPS) is 13.1. The summed E-state index contributed by atoms with van der Waals surface area (Å²) in [6.07, 6.45) is 0. The van der Waals surface area contributed by atoms with Gasteiger partial charge in [0, 0.05) is 5.56 Å². The van der Waals surface area contributed by atoms with Gasteiger partial charge in [0.1, 0.15) is 0 Å². The number of fused-ring (bicyclic) bond motifs is 2. The average Bonchev–Trinajstić information content (AvgIpc) is 3.21. The van der Waals surface area contributed by atoms with E-state index in [9.17, 15) is 9.90 Å². The van der Waals surface area contributed by atoms with Gasteiger partial charge in [-0.1, -0.05) is 72.8 Å².